The van der Waals surface area contributed by atoms with E-state index in [1.807, 2.05) is 11.8 Å². The number of hydrogen-bond acceptors (Lipinski definition) is 2. The fraction of sp³-hybridized carbons (Fsp3) is 0. The zero-order valence-electron chi connectivity index (χ0n) is 13.7. The van der Waals surface area contributed by atoms with Gasteiger partial charge >= 0.3 is 7.82 Å². The average Bonchev–Trinajstić information content (AvgIpc) is 2.61. The van der Waals surface area contributed by atoms with Gasteiger partial charge in [0.05, 0.1) is 0 Å². The lowest BCUT2D eigenvalue weighted by Gasteiger charge is -2.09. The van der Waals surface area contributed by atoms with Crippen LogP contribution < -0.4 is 0 Å². The van der Waals surface area contributed by atoms with Crippen LogP contribution >= 0.6 is 19.6 Å². The van der Waals surface area contributed by atoms with Crippen molar-refractivity contribution < 1.29 is 19.2 Å². The predicted molar refractivity (Wildman–Crippen MR) is 106 cm³/mol. The highest BCUT2D eigenvalue weighted by atomic mass is 32.2. The Morgan fingerprint density at radius 1 is 0.577 bits per heavy atom. The molecule has 0 aliphatic heterocycles. The maximum Gasteiger partial charge on any atom is 0.466 e. The first kappa shape index (κ1) is 18.6. The van der Waals surface area contributed by atoms with E-state index in [0.29, 0.717) is 0 Å². The van der Waals surface area contributed by atoms with Crippen molar-refractivity contribution in [2.24, 2.45) is 0 Å². The van der Waals surface area contributed by atoms with Gasteiger partial charge in [0.1, 0.15) is 0 Å². The third-order valence-electron chi connectivity index (χ3n) is 3.72. The van der Waals surface area contributed by atoms with Gasteiger partial charge in [-0.2, -0.15) is 0 Å². The summed E-state index contributed by atoms with van der Waals surface area (Å²) in [5, 5.41) is 5.22. The molecule has 0 unspecified atom stereocenters. The van der Waals surface area contributed by atoms with Gasteiger partial charge < -0.3 is 14.7 Å². The lowest BCUT2D eigenvalue weighted by atomic mass is 10.1. The zero-order valence-corrected chi connectivity index (χ0v) is 15.4. The molecule has 0 bridgehead atoms. The number of rotatable bonds is 2. The highest BCUT2D eigenvalue weighted by Crippen LogP contribution is 2.37. The van der Waals surface area contributed by atoms with E-state index in [1.54, 1.807) is 0 Å². The second kappa shape index (κ2) is 8.04. The van der Waals surface area contributed by atoms with Gasteiger partial charge in [-0.1, -0.05) is 84.6 Å². The van der Waals surface area contributed by atoms with Gasteiger partial charge in [0.2, 0.25) is 0 Å². The molecule has 0 radical (unpaired) electrons. The molecule has 0 amide bonds. The van der Waals surface area contributed by atoms with Crippen LogP contribution in [-0.2, 0) is 4.57 Å². The van der Waals surface area contributed by atoms with Crippen LogP contribution in [0.1, 0.15) is 0 Å². The molecule has 0 saturated carbocycles. The van der Waals surface area contributed by atoms with Crippen molar-refractivity contribution in [3.8, 4) is 0 Å². The van der Waals surface area contributed by atoms with Crippen LogP contribution in [0, 0.1) is 0 Å². The first-order chi connectivity index (χ1) is 12.4. The van der Waals surface area contributed by atoms with Crippen molar-refractivity contribution in [2.45, 2.75) is 9.79 Å². The van der Waals surface area contributed by atoms with Gasteiger partial charge in [0, 0.05) is 9.79 Å². The molecule has 0 spiro atoms. The van der Waals surface area contributed by atoms with Crippen molar-refractivity contribution in [2.75, 3.05) is 0 Å². The Morgan fingerprint density at radius 2 is 0.923 bits per heavy atom. The second-order valence-electron chi connectivity index (χ2n) is 5.57. The smallest absolute Gasteiger partial charge is 0.303 e. The van der Waals surface area contributed by atoms with Gasteiger partial charge in [0.15, 0.2) is 0 Å². The quantitative estimate of drug-likeness (QED) is 0.413. The van der Waals surface area contributed by atoms with E-state index < -0.39 is 7.82 Å². The normalized spacial score (nSPS) is 11.2. The highest BCUT2D eigenvalue weighted by molar-refractivity contribution is 7.99. The molecule has 0 heterocycles. The Morgan fingerprint density at radius 3 is 1.35 bits per heavy atom. The van der Waals surface area contributed by atoms with E-state index >= 15 is 0 Å². The Labute approximate surface area is 155 Å². The minimum absolute atomic E-state index is 1.29. The lowest BCUT2D eigenvalue weighted by Crippen LogP contribution is -1.80. The van der Waals surface area contributed by atoms with E-state index in [-0.39, 0.29) is 0 Å². The lowest BCUT2D eigenvalue weighted by molar-refractivity contribution is 0.275. The fourth-order valence-electron chi connectivity index (χ4n) is 2.69. The van der Waals surface area contributed by atoms with Crippen LogP contribution in [0.4, 0.5) is 0 Å². The largest absolute Gasteiger partial charge is 0.466 e. The average molecular weight is 384 g/mol. The van der Waals surface area contributed by atoms with Crippen molar-refractivity contribution in [3.05, 3.63) is 84.9 Å². The molecule has 26 heavy (non-hydrogen) atoms. The summed E-state index contributed by atoms with van der Waals surface area (Å²) in [7, 11) is -4.64. The number of fused-ring (bicyclic) bond motifs is 2. The van der Waals surface area contributed by atoms with Crippen LogP contribution in [0.3, 0.4) is 0 Å². The van der Waals surface area contributed by atoms with E-state index in [4.69, 9.17) is 19.2 Å². The molecule has 0 aromatic heterocycles. The first-order valence-electron chi connectivity index (χ1n) is 7.83. The molecule has 0 saturated heterocycles. The molecule has 3 N–H and O–H groups in total. The third-order valence-corrected chi connectivity index (χ3v) is 4.87. The zero-order chi connectivity index (χ0) is 18.6. The molecule has 0 aliphatic carbocycles. The molecule has 4 nitrogen and oxygen atoms in total. The number of hydrogen-bond donors (Lipinski definition) is 3. The summed E-state index contributed by atoms with van der Waals surface area (Å²) in [6.45, 7) is 0. The van der Waals surface area contributed by atoms with Crippen molar-refractivity contribution >= 4 is 41.1 Å². The number of phosphoric acid groups is 1. The van der Waals surface area contributed by atoms with E-state index in [2.05, 4.69) is 84.9 Å². The van der Waals surface area contributed by atoms with Gasteiger partial charge in [-0.05, 0) is 33.7 Å². The minimum atomic E-state index is -4.64. The summed E-state index contributed by atoms with van der Waals surface area (Å²) >= 11 is 1.85. The van der Waals surface area contributed by atoms with E-state index in [1.165, 1.54) is 31.3 Å². The predicted octanol–water partition coefficient (Wildman–Crippen LogP) is 5.22. The molecule has 0 atom stereocenters. The Balaban J connectivity index is 0.000000349. The summed E-state index contributed by atoms with van der Waals surface area (Å²) in [5.41, 5.74) is 0. The molecule has 4 rings (SSSR count). The van der Waals surface area contributed by atoms with Crippen molar-refractivity contribution in [3.63, 3.8) is 0 Å². The van der Waals surface area contributed by atoms with Crippen molar-refractivity contribution in [1.82, 2.24) is 0 Å². The molecule has 0 fully saturated rings. The Kier molecular flexibility index (Phi) is 5.77. The van der Waals surface area contributed by atoms with Gasteiger partial charge in [0.25, 0.3) is 0 Å². The van der Waals surface area contributed by atoms with Gasteiger partial charge in [-0.25, -0.2) is 4.57 Å². The highest BCUT2D eigenvalue weighted by Gasteiger charge is 2.05. The summed E-state index contributed by atoms with van der Waals surface area (Å²) < 4.78 is 8.88. The topological polar surface area (TPSA) is 77.8 Å². The van der Waals surface area contributed by atoms with E-state index in [9.17, 15) is 0 Å². The molecule has 6 heteroatoms. The van der Waals surface area contributed by atoms with Crippen LogP contribution in [-0.4, -0.2) is 14.7 Å². The molecule has 4 aromatic rings. The second-order valence-corrected chi connectivity index (χ2v) is 7.68. The van der Waals surface area contributed by atoms with Gasteiger partial charge in [-0.3, -0.25) is 0 Å². The molecule has 4 aromatic carbocycles. The molecular formula is C20H17O4PS. The standard InChI is InChI=1S/C20H14S.H3O4P/c1-3-11-17-15(7-1)9-5-13-19(17)21-20-14-6-10-16-8-2-4-12-18(16)20;1-5(2,3)4/h1-14H;(H3,1,2,3,4). The summed E-state index contributed by atoms with van der Waals surface area (Å²) in [6.07, 6.45) is 0. The van der Waals surface area contributed by atoms with Crippen LogP contribution in [0.5, 0.6) is 0 Å². The summed E-state index contributed by atoms with van der Waals surface area (Å²) in [5.74, 6) is 0. The summed E-state index contributed by atoms with van der Waals surface area (Å²) in [4.78, 5) is 24.2. The van der Waals surface area contributed by atoms with Gasteiger partial charge in [-0.15, -0.1) is 0 Å². The maximum absolute atomic E-state index is 8.88. The fourth-order valence-corrected chi connectivity index (χ4v) is 3.81. The maximum atomic E-state index is 8.88. The van der Waals surface area contributed by atoms with Crippen LogP contribution in [0.2, 0.25) is 0 Å². The first-order valence-corrected chi connectivity index (χ1v) is 10.2. The minimum Gasteiger partial charge on any atom is -0.303 e. The molecular weight excluding hydrogens is 367 g/mol. The third kappa shape index (κ3) is 4.94. The Bertz CT molecular complexity index is 995. The molecule has 0 aliphatic rings. The molecule has 132 valence electrons. The summed E-state index contributed by atoms with van der Waals surface area (Å²) in [6, 6.07) is 30.1. The van der Waals surface area contributed by atoms with E-state index in [0.717, 1.165) is 0 Å². The SMILES string of the molecule is O=P(O)(O)O.c1ccc2c(Sc3cccc4ccccc34)cccc2c1. The number of benzene rings is 4. The monoisotopic (exact) mass is 384 g/mol. The van der Waals surface area contributed by atoms with Crippen LogP contribution in [0.25, 0.3) is 21.5 Å². The van der Waals surface area contributed by atoms with Crippen molar-refractivity contribution in [1.29, 1.82) is 0 Å². The van der Waals surface area contributed by atoms with Crippen LogP contribution in [0.15, 0.2) is 94.7 Å². The Hall–Kier alpha value is -2.14.